The molecule has 21 heavy (non-hydrogen) atoms. The van der Waals surface area contributed by atoms with E-state index in [2.05, 4.69) is 17.3 Å². The van der Waals surface area contributed by atoms with Crippen LogP contribution >= 0.6 is 0 Å². The molecule has 7 nitrogen and oxygen atoms in total. The molecule has 4 heterocycles. The molecule has 3 aliphatic heterocycles. The summed E-state index contributed by atoms with van der Waals surface area (Å²) in [6.07, 6.45) is 3.21. The highest BCUT2D eigenvalue weighted by Gasteiger charge is 2.40. The van der Waals surface area contributed by atoms with Crippen molar-refractivity contribution in [1.29, 1.82) is 0 Å². The van der Waals surface area contributed by atoms with E-state index in [-0.39, 0.29) is 24.4 Å². The average Bonchev–Trinajstić information content (AvgIpc) is 3.02. The van der Waals surface area contributed by atoms with Gasteiger partial charge in [-0.1, -0.05) is 0 Å². The third kappa shape index (κ3) is 1.95. The molecule has 1 unspecified atom stereocenters. The third-order valence-electron chi connectivity index (χ3n) is 4.73. The van der Waals surface area contributed by atoms with Crippen LogP contribution in [-0.2, 0) is 22.7 Å². The van der Waals surface area contributed by atoms with Crippen molar-refractivity contribution in [3.63, 3.8) is 0 Å². The predicted molar refractivity (Wildman–Crippen MR) is 75.6 cm³/mol. The summed E-state index contributed by atoms with van der Waals surface area (Å²) in [5.74, 6) is 0.108. The Morgan fingerprint density at radius 2 is 2.14 bits per heavy atom. The Labute approximate surface area is 122 Å². The fourth-order valence-electron chi connectivity index (χ4n) is 3.54. The number of rotatable bonds is 1. The molecule has 0 aliphatic carbocycles. The molecule has 4 rings (SSSR count). The van der Waals surface area contributed by atoms with E-state index in [1.54, 1.807) is 11.1 Å². The van der Waals surface area contributed by atoms with Crippen LogP contribution in [0.1, 0.15) is 25.5 Å². The molecule has 0 aromatic carbocycles. The van der Waals surface area contributed by atoms with Crippen LogP contribution in [0.3, 0.4) is 0 Å². The van der Waals surface area contributed by atoms with Crippen LogP contribution in [0, 0.1) is 0 Å². The number of piperazine rings is 1. The highest BCUT2D eigenvalue weighted by molar-refractivity contribution is 5.99. The van der Waals surface area contributed by atoms with E-state index in [0.717, 1.165) is 30.9 Å². The van der Waals surface area contributed by atoms with Crippen LogP contribution in [-0.4, -0.2) is 51.7 Å². The molecule has 0 bridgehead atoms. The van der Waals surface area contributed by atoms with Gasteiger partial charge in [0.15, 0.2) is 0 Å². The maximum absolute atomic E-state index is 12.4. The first-order valence-electron chi connectivity index (χ1n) is 7.51. The minimum absolute atomic E-state index is 0.00378. The van der Waals surface area contributed by atoms with Crippen molar-refractivity contribution in [2.75, 3.05) is 18.0 Å². The smallest absolute Gasteiger partial charge is 0.246 e. The number of nitrogens with one attached hydrogen (secondary N) is 1. The Hall–Kier alpha value is -1.89. The number of fused-ring (bicyclic) bond motifs is 2. The molecule has 2 saturated heterocycles. The Bertz CT molecular complexity index is 611. The van der Waals surface area contributed by atoms with Crippen molar-refractivity contribution >= 4 is 17.5 Å². The minimum Gasteiger partial charge on any atom is -0.329 e. The van der Waals surface area contributed by atoms with Gasteiger partial charge in [-0.2, -0.15) is 5.10 Å². The quantitative estimate of drug-likeness (QED) is 0.771. The van der Waals surface area contributed by atoms with E-state index in [1.165, 1.54) is 0 Å². The molecule has 0 spiro atoms. The second-order valence-electron chi connectivity index (χ2n) is 6.16. The van der Waals surface area contributed by atoms with Crippen molar-refractivity contribution in [3.8, 4) is 0 Å². The van der Waals surface area contributed by atoms with E-state index in [1.807, 2.05) is 9.58 Å². The van der Waals surface area contributed by atoms with Crippen molar-refractivity contribution in [2.45, 2.75) is 44.9 Å². The second kappa shape index (κ2) is 4.56. The van der Waals surface area contributed by atoms with Gasteiger partial charge in [-0.15, -0.1) is 0 Å². The maximum atomic E-state index is 12.4. The summed E-state index contributed by atoms with van der Waals surface area (Å²) in [6, 6.07) is 0.562. The zero-order valence-corrected chi connectivity index (χ0v) is 12.1. The molecule has 0 saturated carbocycles. The maximum Gasteiger partial charge on any atom is 0.246 e. The van der Waals surface area contributed by atoms with Crippen LogP contribution in [0.25, 0.3) is 0 Å². The van der Waals surface area contributed by atoms with E-state index in [9.17, 15) is 9.59 Å². The highest BCUT2D eigenvalue weighted by Crippen LogP contribution is 2.29. The number of hydrogen-bond donors (Lipinski definition) is 1. The van der Waals surface area contributed by atoms with Crippen molar-refractivity contribution in [3.05, 3.63) is 11.9 Å². The van der Waals surface area contributed by atoms with Crippen molar-refractivity contribution < 1.29 is 9.59 Å². The van der Waals surface area contributed by atoms with Crippen LogP contribution in [0.4, 0.5) is 5.69 Å². The lowest BCUT2D eigenvalue weighted by Gasteiger charge is -2.37. The Kier molecular flexibility index (Phi) is 2.78. The van der Waals surface area contributed by atoms with Crippen LogP contribution < -0.4 is 10.2 Å². The fraction of sp³-hybridized carbons (Fsp3) is 0.643. The molecule has 2 atom stereocenters. The van der Waals surface area contributed by atoms with E-state index in [4.69, 9.17) is 0 Å². The standard InChI is InChI=1S/C14H19N5O2/c1-9-6-19-12(4-15-9)11(5-16-19)18-7-10-2-3-13(20)17(10)8-14(18)21/h5,9-10,15H,2-4,6-8H2,1H3/t9-,10?/m0/s1. The molecule has 0 radical (unpaired) electrons. The Morgan fingerprint density at radius 1 is 1.29 bits per heavy atom. The molecule has 2 fully saturated rings. The summed E-state index contributed by atoms with van der Waals surface area (Å²) in [6.45, 7) is 4.48. The zero-order chi connectivity index (χ0) is 14.6. The van der Waals surface area contributed by atoms with Gasteiger partial charge in [0.05, 0.1) is 30.2 Å². The van der Waals surface area contributed by atoms with Gasteiger partial charge in [-0.3, -0.25) is 14.3 Å². The molecule has 3 aliphatic rings. The summed E-state index contributed by atoms with van der Waals surface area (Å²) in [5, 5.41) is 7.83. The molecular formula is C14H19N5O2. The monoisotopic (exact) mass is 289 g/mol. The molecule has 2 amide bonds. The zero-order valence-electron chi connectivity index (χ0n) is 12.1. The van der Waals surface area contributed by atoms with Crippen LogP contribution in [0.5, 0.6) is 0 Å². The molecule has 7 heteroatoms. The largest absolute Gasteiger partial charge is 0.329 e. The summed E-state index contributed by atoms with van der Waals surface area (Å²) in [4.78, 5) is 27.7. The number of amides is 2. The molecule has 1 N–H and O–H groups in total. The second-order valence-corrected chi connectivity index (χ2v) is 6.16. The summed E-state index contributed by atoms with van der Waals surface area (Å²) in [7, 11) is 0. The molecule has 1 aromatic rings. The molecule has 112 valence electrons. The van der Waals surface area contributed by atoms with Crippen molar-refractivity contribution in [2.24, 2.45) is 0 Å². The lowest BCUT2D eigenvalue weighted by Crippen LogP contribution is -2.55. The highest BCUT2D eigenvalue weighted by atomic mass is 16.2. The number of nitrogens with zero attached hydrogens (tertiary/aromatic N) is 4. The molecule has 1 aromatic heterocycles. The van der Waals surface area contributed by atoms with E-state index < -0.39 is 0 Å². The summed E-state index contributed by atoms with van der Waals surface area (Å²) >= 11 is 0. The van der Waals surface area contributed by atoms with Crippen molar-refractivity contribution in [1.82, 2.24) is 20.0 Å². The Balaban J connectivity index is 1.62. The van der Waals surface area contributed by atoms with Gasteiger partial charge in [0.2, 0.25) is 11.8 Å². The topological polar surface area (TPSA) is 70.5 Å². The fourth-order valence-corrected chi connectivity index (χ4v) is 3.54. The van der Waals surface area contributed by atoms with Crippen LogP contribution in [0.2, 0.25) is 0 Å². The van der Waals surface area contributed by atoms with E-state index in [0.29, 0.717) is 19.0 Å². The first kappa shape index (κ1) is 12.8. The number of carbonyl (C=O) groups is 2. The first-order valence-corrected chi connectivity index (χ1v) is 7.51. The number of aromatic nitrogens is 2. The normalized spacial score (nSPS) is 28.8. The lowest BCUT2D eigenvalue weighted by molar-refractivity contribution is -0.135. The Morgan fingerprint density at radius 3 is 3.00 bits per heavy atom. The average molecular weight is 289 g/mol. The number of hydrogen-bond acceptors (Lipinski definition) is 4. The van der Waals surface area contributed by atoms with Gasteiger partial charge in [-0.05, 0) is 13.3 Å². The van der Waals surface area contributed by atoms with Crippen LogP contribution in [0.15, 0.2) is 6.20 Å². The van der Waals surface area contributed by atoms with Gasteiger partial charge < -0.3 is 15.1 Å². The van der Waals surface area contributed by atoms with Gasteiger partial charge in [0, 0.05) is 25.6 Å². The van der Waals surface area contributed by atoms with Gasteiger partial charge >= 0.3 is 0 Å². The minimum atomic E-state index is -0.00378. The third-order valence-corrected chi connectivity index (χ3v) is 4.73. The molecular weight excluding hydrogens is 270 g/mol. The van der Waals surface area contributed by atoms with E-state index >= 15 is 0 Å². The number of carbonyl (C=O) groups excluding carboxylic acids is 2. The lowest BCUT2D eigenvalue weighted by atomic mass is 10.1. The SMILES string of the molecule is C[C@H]1Cn2ncc(N3CC4CCC(=O)N4CC3=O)c2CN1. The number of anilines is 1. The van der Waals surface area contributed by atoms with Gasteiger partial charge in [0.1, 0.15) is 6.54 Å². The predicted octanol–water partition coefficient (Wildman–Crippen LogP) is -0.288. The summed E-state index contributed by atoms with van der Waals surface area (Å²) < 4.78 is 1.98. The van der Waals surface area contributed by atoms with Gasteiger partial charge in [-0.25, -0.2) is 0 Å². The van der Waals surface area contributed by atoms with Gasteiger partial charge in [0.25, 0.3) is 0 Å². The summed E-state index contributed by atoms with van der Waals surface area (Å²) in [5.41, 5.74) is 1.97. The first-order chi connectivity index (χ1) is 10.1.